The Morgan fingerprint density at radius 1 is 1.06 bits per heavy atom. The number of rotatable bonds is 7. The van der Waals surface area contributed by atoms with Crippen molar-refractivity contribution in [3.8, 4) is 0 Å². The second kappa shape index (κ2) is 11.1. The number of benzene rings is 1. The molecular weight excluding hydrogens is 413 g/mol. The van der Waals surface area contributed by atoms with Gasteiger partial charge in [-0.25, -0.2) is 4.79 Å². The molecule has 1 aliphatic rings. The number of amides is 4. The molecule has 2 rings (SSSR count). The largest absolute Gasteiger partial charge is 0.418 e. The summed E-state index contributed by atoms with van der Waals surface area (Å²) in [6.07, 6.45) is -0.559. The number of urea groups is 1. The summed E-state index contributed by atoms with van der Waals surface area (Å²) in [5.74, 6) is -0.942. The quantitative estimate of drug-likeness (QED) is 0.604. The highest BCUT2D eigenvalue weighted by molar-refractivity contribution is 5.96. The predicted molar refractivity (Wildman–Crippen MR) is 110 cm³/mol. The number of hydrogen-bond donors (Lipinski definition) is 3. The molecule has 0 bridgehead atoms. The number of nitrogens with one attached hydrogen (secondary N) is 3. The Hall–Kier alpha value is -2.62. The molecule has 0 aliphatic heterocycles. The lowest BCUT2D eigenvalue weighted by atomic mass is 9.86. The number of alkyl halides is 3. The Morgan fingerprint density at radius 2 is 1.71 bits per heavy atom. The van der Waals surface area contributed by atoms with Gasteiger partial charge in [0.05, 0.1) is 24.3 Å². The summed E-state index contributed by atoms with van der Waals surface area (Å²) in [6, 6.07) is 4.11. The van der Waals surface area contributed by atoms with Gasteiger partial charge in [-0.1, -0.05) is 38.8 Å². The number of para-hydroxylation sites is 1. The fraction of sp³-hybridized carbons (Fsp3) is 0.571. The average molecular weight is 442 g/mol. The van der Waals surface area contributed by atoms with Gasteiger partial charge < -0.3 is 10.6 Å². The summed E-state index contributed by atoms with van der Waals surface area (Å²) in [4.78, 5) is 37.9. The van der Waals surface area contributed by atoms with Crippen molar-refractivity contribution >= 4 is 23.5 Å². The molecule has 3 N–H and O–H groups in total. The third-order valence-corrected chi connectivity index (χ3v) is 5.37. The summed E-state index contributed by atoms with van der Waals surface area (Å²) in [5, 5.41) is 7.31. The minimum atomic E-state index is -4.60. The monoisotopic (exact) mass is 442 g/mol. The Bertz CT molecular complexity index is 785. The molecule has 31 heavy (non-hydrogen) atoms. The van der Waals surface area contributed by atoms with Gasteiger partial charge in [0.1, 0.15) is 0 Å². The smallest absolute Gasteiger partial charge is 0.335 e. The zero-order valence-corrected chi connectivity index (χ0v) is 17.7. The molecule has 2 unspecified atom stereocenters. The first-order valence-corrected chi connectivity index (χ1v) is 10.4. The Kier molecular flexibility index (Phi) is 8.85. The van der Waals surface area contributed by atoms with Gasteiger partial charge in [0, 0.05) is 6.04 Å². The van der Waals surface area contributed by atoms with Crippen LogP contribution in [-0.2, 0) is 15.8 Å². The Labute approximate surface area is 179 Å². The van der Waals surface area contributed by atoms with Gasteiger partial charge in [-0.3, -0.25) is 19.8 Å². The molecule has 10 heteroatoms. The third kappa shape index (κ3) is 7.86. The first kappa shape index (κ1) is 24.6. The molecular formula is C21H29F3N4O3. The number of anilines is 1. The summed E-state index contributed by atoms with van der Waals surface area (Å²) >= 11 is 0. The van der Waals surface area contributed by atoms with Crippen LogP contribution in [0.3, 0.4) is 0 Å². The van der Waals surface area contributed by atoms with Crippen LogP contribution in [0.5, 0.6) is 0 Å². The van der Waals surface area contributed by atoms with E-state index in [2.05, 4.69) is 22.9 Å². The van der Waals surface area contributed by atoms with E-state index in [9.17, 15) is 27.6 Å². The molecule has 2 atom stereocenters. The minimum absolute atomic E-state index is 0.0170. The normalized spacial score (nSPS) is 19.0. The Morgan fingerprint density at radius 3 is 2.35 bits per heavy atom. The fourth-order valence-corrected chi connectivity index (χ4v) is 3.62. The molecule has 1 aromatic rings. The lowest BCUT2D eigenvalue weighted by Gasteiger charge is -2.29. The highest BCUT2D eigenvalue weighted by Crippen LogP contribution is 2.34. The van der Waals surface area contributed by atoms with Gasteiger partial charge in [-0.2, -0.15) is 13.2 Å². The number of nitrogens with zero attached hydrogens (tertiary/aromatic N) is 1. The number of carbonyl (C=O) groups is 3. The zero-order chi connectivity index (χ0) is 23.0. The molecule has 0 radical (unpaired) electrons. The van der Waals surface area contributed by atoms with E-state index in [1.165, 1.54) is 23.1 Å². The van der Waals surface area contributed by atoms with E-state index in [4.69, 9.17) is 0 Å². The van der Waals surface area contributed by atoms with Crippen LogP contribution in [0, 0.1) is 5.92 Å². The lowest BCUT2D eigenvalue weighted by molar-refractivity contribution is -0.137. The fourth-order valence-electron chi connectivity index (χ4n) is 3.62. The number of imide groups is 1. The number of hydrogen-bond acceptors (Lipinski definition) is 4. The summed E-state index contributed by atoms with van der Waals surface area (Å²) in [7, 11) is 0. The van der Waals surface area contributed by atoms with Crippen LogP contribution in [0.25, 0.3) is 0 Å². The highest BCUT2D eigenvalue weighted by atomic mass is 19.4. The van der Waals surface area contributed by atoms with Crippen molar-refractivity contribution in [1.29, 1.82) is 0 Å². The van der Waals surface area contributed by atoms with Crippen LogP contribution in [0.2, 0.25) is 0 Å². The maximum absolute atomic E-state index is 13.1. The standard InChI is InChI=1S/C21H29F3N4O3/c1-3-28(12-18(29)25-17-11-7-5-9-15(17)21(22,23)24)13-19(30)27-20(31)26-16-10-6-4-8-14(16)2/h5,7,9,11,14,16H,3-4,6,8,10,12-13H2,1-2H3,(H,25,29)(H2,26,27,30,31). The van der Waals surface area contributed by atoms with Crippen LogP contribution in [0.4, 0.5) is 23.7 Å². The van der Waals surface area contributed by atoms with E-state index in [-0.39, 0.29) is 24.8 Å². The summed E-state index contributed by atoms with van der Waals surface area (Å²) in [6.45, 7) is 3.52. The third-order valence-electron chi connectivity index (χ3n) is 5.37. The van der Waals surface area contributed by atoms with Gasteiger partial charge in [0.25, 0.3) is 0 Å². The van der Waals surface area contributed by atoms with Gasteiger partial charge in [-0.15, -0.1) is 0 Å². The molecule has 0 saturated heterocycles. The molecule has 1 aliphatic carbocycles. The van der Waals surface area contributed by atoms with E-state index >= 15 is 0 Å². The molecule has 1 saturated carbocycles. The van der Waals surface area contributed by atoms with Gasteiger partial charge in [-0.05, 0) is 37.4 Å². The molecule has 0 aromatic heterocycles. The molecule has 1 fully saturated rings. The highest BCUT2D eigenvalue weighted by Gasteiger charge is 2.33. The lowest BCUT2D eigenvalue weighted by Crippen LogP contribution is -2.50. The first-order chi connectivity index (χ1) is 14.6. The molecule has 4 amide bonds. The van der Waals surface area contributed by atoms with E-state index < -0.39 is 29.6 Å². The van der Waals surface area contributed by atoms with E-state index in [0.29, 0.717) is 12.5 Å². The SMILES string of the molecule is CCN(CC(=O)NC(=O)NC1CCCCC1C)CC(=O)Nc1ccccc1C(F)(F)F. The zero-order valence-electron chi connectivity index (χ0n) is 17.7. The van der Waals surface area contributed by atoms with Crippen LogP contribution in [0.15, 0.2) is 24.3 Å². The number of carbonyl (C=O) groups excluding carboxylic acids is 3. The van der Waals surface area contributed by atoms with Crippen molar-refractivity contribution in [2.75, 3.05) is 25.0 Å². The van der Waals surface area contributed by atoms with E-state index in [0.717, 1.165) is 31.7 Å². The van der Waals surface area contributed by atoms with Crippen molar-refractivity contribution in [2.45, 2.75) is 51.7 Å². The van der Waals surface area contributed by atoms with Crippen LogP contribution >= 0.6 is 0 Å². The van der Waals surface area contributed by atoms with E-state index in [1.54, 1.807) is 6.92 Å². The predicted octanol–water partition coefficient (Wildman–Crippen LogP) is 3.37. The second-order valence-electron chi connectivity index (χ2n) is 7.78. The number of likely N-dealkylation sites (N-methyl/N-ethyl adjacent to an activating group) is 1. The molecule has 0 heterocycles. The minimum Gasteiger partial charge on any atom is -0.335 e. The molecule has 1 aromatic carbocycles. The average Bonchev–Trinajstić information content (AvgIpc) is 2.68. The van der Waals surface area contributed by atoms with Gasteiger partial charge >= 0.3 is 12.2 Å². The van der Waals surface area contributed by atoms with Crippen LogP contribution in [0.1, 0.15) is 45.1 Å². The van der Waals surface area contributed by atoms with Crippen molar-refractivity contribution in [3.05, 3.63) is 29.8 Å². The van der Waals surface area contributed by atoms with Crippen LogP contribution < -0.4 is 16.0 Å². The second-order valence-corrected chi connectivity index (χ2v) is 7.78. The topological polar surface area (TPSA) is 90.5 Å². The van der Waals surface area contributed by atoms with Gasteiger partial charge in [0.15, 0.2) is 0 Å². The van der Waals surface area contributed by atoms with Crippen LogP contribution in [-0.4, -0.2) is 48.4 Å². The molecule has 172 valence electrons. The van der Waals surface area contributed by atoms with Crippen molar-refractivity contribution in [2.24, 2.45) is 5.92 Å². The van der Waals surface area contributed by atoms with Gasteiger partial charge in [0.2, 0.25) is 11.8 Å². The summed E-state index contributed by atoms with van der Waals surface area (Å²) in [5.41, 5.74) is -1.29. The molecule has 7 nitrogen and oxygen atoms in total. The first-order valence-electron chi connectivity index (χ1n) is 10.4. The van der Waals surface area contributed by atoms with Crippen molar-refractivity contribution < 1.29 is 27.6 Å². The Balaban J connectivity index is 1.85. The van der Waals surface area contributed by atoms with Crippen molar-refractivity contribution in [1.82, 2.24) is 15.5 Å². The maximum atomic E-state index is 13.1. The molecule has 0 spiro atoms. The number of halogens is 3. The van der Waals surface area contributed by atoms with Crippen molar-refractivity contribution in [3.63, 3.8) is 0 Å². The van der Waals surface area contributed by atoms with E-state index in [1.807, 2.05) is 0 Å². The maximum Gasteiger partial charge on any atom is 0.418 e. The summed E-state index contributed by atoms with van der Waals surface area (Å²) < 4.78 is 39.2.